The molecule has 0 aliphatic carbocycles. The topological polar surface area (TPSA) is 32.3 Å². The van der Waals surface area contributed by atoms with Crippen LogP contribution < -0.4 is 5.32 Å². The molecule has 2 rings (SSSR count). The molecule has 1 heterocycles. The first-order valence-corrected chi connectivity index (χ1v) is 7.16. The number of carbonyl (C=O) groups excluding carboxylic acids is 1. The molecule has 0 bridgehead atoms. The smallest absolute Gasteiger partial charge is 0.230 e. The number of amides is 1. The van der Waals surface area contributed by atoms with E-state index in [-0.39, 0.29) is 11.8 Å². The van der Waals surface area contributed by atoms with Crippen LogP contribution in [-0.4, -0.2) is 29.9 Å². The Balaban J connectivity index is 2.27. The summed E-state index contributed by atoms with van der Waals surface area (Å²) >= 11 is 0. The number of para-hydroxylation sites is 1. The molecule has 104 valence electrons. The first-order chi connectivity index (χ1) is 9.04. The Morgan fingerprint density at radius 2 is 2.16 bits per heavy atom. The van der Waals surface area contributed by atoms with Crippen molar-refractivity contribution in [1.29, 1.82) is 0 Å². The van der Waals surface area contributed by atoms with Gasteiger partial charge in [-0.15, -0.1) is 0 Å². The lowest BCUT2D eigenvalue weighted by Crippen LogP contribution is -2.41. The number of anilines is 1. The molecule has 1 amide bonds. The van der Waals surface area contributed by atoms with E-state index in [1.807, 2.05) is 24.1 Å². The van der Waals surface area contributed by atoms with Gasteiger partial charge in [-0.25, -0.2) is 0 Å². The highest BCUT2D eigenvalue weighted by Crippen LogP contribution is 2.35. The Hall–Kier alpha value is -1.51. The second-order valence-electron chi connectivity index (χ2n) is 5.63. The van der Waals surface area contributed by atoms with Gasteiger partial charge in [0, 0.05) is 24.8 Å². The minimum absolute atomic E-state index is 0.00792. The zero-order valence-corrected chi connectivity index (χ0v) is 12.3. The molecule has 1 aromatic rings. The van der Waals surface area contributed by atoms with Gasteiger partial charge >= 0.3 is 0 Å². The number of nitrogens with one attached hydrogen (secondary N) is 1. The van der Waals surface area contributed by atoms with E-state index in [4.69, 9.17) is 0 Å². The maximum atomic E-state index is 12.7. The third kappa shape index (κ3) is 2.75. The number of fused-ring (bicyclic) bond motifs is 1. The summed E-state index contributed by atoms with van der Waals surface area (Å²) in [6.45, 7) is 6.36. The summed E-state index contributed by atoms with van der Waals surface area (Å²) in [7, 11) is 1.92. The normalized spacial score (nSPS) is 23.2. The predicted molar refractivity (Wildman–Crippen MR) is 79.4 cm³/mol. The molecule has 19 heavy (non-hydrogen) atoms. The standard InChI is InChI=1S/C16H24N2O/c1-5-12(3)18(4)16(19)14-10-11(2)17-15-9-7-6-8-13(14)15/h6-9,11-12,14,17H,5,10H2,1-4H3. The lowest BCUT2D eigenvalue weighted by Gasteiger charge is -2.34. The summed E-state index contributed by atoms with van der Waals surface area (Å²) in [5, 5.41) is 3.46. The number of benzene rings is 1. The summed E-state index contributed by atoms with van der Waals surface area (Å²) < 4.78 is 0. The molecule has 0 spiro atoms. The molecule has 1 aromatic carbocycles. The quantitative estimate of drug-likeness (QED) is 0.905. The summed E-state index contributed by atoms with van der Waals surface area (Å²) in [6.07, 6.45) is 1.86. The first kappa shape index (κ1) is 13.9. The van der Waals surface area contributed by atoms with Gasteiger partial charge in [0.1, 0.15) is 0 Å². The molecule has 3 unspecified atom stereocenters. The molecule has 1 aliphatic rings. The van der Waals surface area contributed by atoms with Crippen LogP contribution in [0, 0.1) is 0 Å². The molecular weight excluding hydrogens is 236 g/mol. The van der Waals surface area contributed by atoms with Crippen LogP contribution in [0.3, 0.4) is 0 Å². The van der Waals surface area contributed by atoms with Gasteiger partial charge in [0.25, 0.3) is 0 Å². The summed E-state index contributed by atoms with van der Waals surface area (Å²) in [5.74, 6) is 0.238. The molecule has 0 saturated heterocycles. The molecule has 0 fully saturated rings. The Bertz CT molecular complexity index is 458. The molecular formula is C16H24N2O. The molecule has 0 radical (unpaired) electrons. The Kier molecular flexibility index (Phi) is 4.13. The van der Waals surface area contributed by atoms with Crippen molar-refractivity contribution in [3.63, 3.8) is 0 Å². The Labute approximate surface area is 116 Å². The molecule has 1 aliphatic heterocycles. The number of nitrogens with zero attached hydrogens (tertiary/aromatic N) is 1. The van der Waals surface area contributed by atoms with E-state index < -0.39 is 0 Å². The van der Waals surface area contributed by atoms with Gasteiger partial charge < -0.3 is 10.2 Å². The van der Waals surface area contributed by atoms with Gasteiger partial charge in [-0.05, 0) is 38.3 Å². The van der Waals surface area contributed by atoms with Crippen LogP contribution in [0.4, 0.5) is 5.69 Å². The summed E-state index contributed by atoms with van der Waals surface area (Å²) in [6, 6.07) is 8.80. The fourth-order valence-corrected chi connectivity index (χ4v) is 2.71. The zero-order valence-electron chi connectivity index (χ0n) is 12.3. The first-order valence-electron chi connectivity index (χ1n) is 7.16. The van der Waals surface area contributed by atoms with Crippen molar-refractivity contribution < 1.29 is 4.79 Å². The van der Waals surface area contributed by atoms with Crippen LogP contribution in [0.25, 0.3) is 0 Å². The molecule has 0 saturated carbocycles. The minimum Gasteiger partial charge on any atom is -0.382 e. The van der Waals surface area contributed by atoms with E-state index >= 15 is 0 Å². The van der Waals surface area contributed by atoms with Gasteiger partial charge in [0.05, 0.1) is 5.92 Å². The summed E-state index contributed by atoms with van der Waals surface area (Å²) in [4.78, 5) is 14.6. The SMILES string of the molecule is CCC(C)N(C)C(=O)C1CC(C)Nc2ccccc21. The van der Waals surface area contributed by atoms with Crippen LogP contribution in [0.15, 0.2) is 24.3 Å². The van der Waals surface area contributed by atoms with Gasteiger partial charge in [-0.1, -0.05) is 25.1 Å². The van der Waals surface area contributed by atoms with E-state index in [1.54, 1.807) is 0 Å². The molecule has 1 N–H and O–H groups in total. The van der Waals surface area contributed by atoms with Crippen LogP contribution >= 0.6 is 0 Å². The lowest BCUT2D eigenvalue weighted by molar-refractivity contribution is -0.133. The average molecular weight is 260 g/mol. The van der Waals surface area contributed by atoms with Crippen molar-refractivity contribution in [3.8, 4) is 0 Å². The number of hydrogen-bond donors (Lipinski definition) is 1. The third-order valence-corrected chi connectivity index (χ3v) is 4.23. The van der Waals surface area contributed by atoms with Crippen LogP contribution in [0.1, 0.15) is 45.1 Å². The van der Waals surface area contributed by atoms with E-state index in [0.717, 1.165) is 24.1 Å². The van der Waals surface area contributed by atoms with Crippen LogP contribution in [0.2, 0.25) is 0 Å². The Morgan fingerprint density at radius 3 is 2.84 bits per heavy atom. The van der Waals surface area contributed by atoms with Crippen LogP contribution in [-0.2, 0) is 4.79 Å². The monoisotopic (exact) mass is 260 g/mol. The fourth-order valence-electron chi connectivity index (χ4n) is 2.71. The van der Waals surface area contributed by atoms with Crippen molar-refractivity contribution >= 4 is 11.6 Å². The maximum absolute atomic E-state index is 12.7. The Morgan fingerprint density at radius 1 is 1.47 bits per heavy atom. The van der Waals surface area contributed by atoms with Gasteiger partial charge in [-0.3, -0.25) is 4.79 Å². The van der Waals surface area contributed by atoms with Crippen LogP contribution in [0.5, 0.6) is 0 Å². The number of carbonyl (C=O) groups is 1. The molecule has 0 aromatic heterocycles. The average Bonchev–Trinajstić information content (AvgIpc) is 2.43. The summed E-state index contributed by atoms with van der Waals surface area (Å²) in [5.41, 5.74) is 2.25. The molecule has 3 heteroatoms. The highest BCUT2D eigenvalue weighted by molar-refractivity contribution is 5.86. The van der Waals surface area contributed by atoms with E-state index in [9.17, 15) is 4.79 Å². The molecule has 3 atom stereocenters. The van der Waals surface area contributed by atoms with Crippen molar-refractivity contribution in [2.75, 3.05) is 12.4 Å². The zero-order chi connectivity index (χ0) is 14.0. The van der Waals surface area contributed by atoms with Crippen molar-refractivity contribution in [3.05, 3.63) is 29.8 Å². The van der Waals surface area contributed by atoms with Gasteiger partial charge in [0.15, 0.2) is 0 Å². The highest BCUT2D eigenvalue weighted by atomic mass is 16.2. The highest BCUT2D eigenvalue weighted by Gasteiger charge is 2.32. The molecule has 3 nitrogen and oxygen atoms in total. The van der Waals surface area contributed by atoms with E-state index in [2.05, 4.69) is 38.2 Å². The largest absolute Gasteiger partial charge is 0.382 e. The van der Waals surface area contributed by atoms with Gasteiger partial charge in [0.2, 0.25) is 5.91 Å². The fraction of sp³-hybridized carbons (Fsp3) is 0.562. The van der Waals surface area contributed by atoms with Crippen molar-refractivity contribution in [1.82, 2.24) is 4.90 Å². The minimum atomic E-state index is -0.00792. The maximum Gasteiger partial charge on any atom is 0.230 e. The van der Waals surface area contributed by atoms with Crippen molar-refractivity contribution in [2.24, 2.45) is 0 Å². The number of rotatable bonds is 3. The van der Waals surface area contributed by atoms with Gasteiger partial charge in [-0.2, -0.15) is 0 Å². The second kappa shape index (κ2) is 5.64. The lowest BCUT2D eigenvalue weighted by atomic mass is 9.86. The van der Waals surface area contributed by atoms with E-state index in [1.165, 1.54) is 0 Å². The number of likely N-dealkylation sites (N-methyl/N-ethyl adjacent to an activating group) is 1. The second-order valence-corrected chi connectivity index (χ2v) is 5.63. The van der Waals surface area contributed by atoms with E-state index in [0.29, 0.717) is 12.1 Å². The third-order valence-electron chi connectivity index (χ3n) is 4.23. The van der Waals surface area contributed by atoms with Crippen molar-refractivity contribution in [2.45, 2.75) is 51.6 Å². The number of hydrogen-bond acceptors (Lipinski definition) is 2. The predicted octanol–water partition coefficient (Wildman–Crippen LogP) is 3.23.